The van der Waals surface area contributed by atoms with Crippen molar-refractivity contribution in [1.82, 2.24) is 9.97 Å². The number of thiophene rings is 1. The number of hydrogen-bond donors (Lipinski definition) is 0. The first-order valence-corrected chi connectivity index (χ1v) is 7.61. The third kappa shape index (κ3) is 2.63. The van der Waals surface area contributed by atoms with Crippen molar-refractivity contribution in [2.75, 3.05) is 0 Å². The molecule has 2 rings (SSSR count). The minimum absolute atomic E-state index is 0.349. The van der Waals surface area contributed by atoms with Crippen LogP contribution in [0.5, 0.6) is 0 Å². The highest BCUT2D eigenvalue weighted by Crippen LogP contribution is 2.31. The summed E-state index contributed by atoms with van der Waals surface area (Å²) in [6.45, 7) is 6.30. The Bertz CT molecular complexity index is 551. The van der Waals surface area contributed by atoms with Crippen LogP contribution in [0.3, 0.4) is 0 Å². The van der Waals surface area contributed by atoms with Crippen LogP contribution in [0.4, 0.5) is 0 Å². The number of aromatic nitrogens is 2. The maximum Gasteiger partial charge on any atom is 0.171 e. The quantitative estimate of drug-likeness (QED) is 0.549. The minimum Gasteiger partial charge on any atom is -0.231 e. The average Bonchev–Trinajstić information content (AvgIpc) is 2.68. The van der Waals surface area contributed by atoms with Crippen LogP contribution in [0.15, 0.2) is 11.4 Å². The van der Waals surface area contributed by atoms with Gasteiger partial charge in [0, 0.05) is 0 Å². The third-order valence-electron chi connectivity index (χ3n) is 2.45. The van der Waals surface area contributed by atoms with Gasteiger partial charge in [-0.2, -0.15) is 0 Å². The van der Waals surface area contributed by atoms with E-state index < -0.39 is 0 Å². The summed E-state index contributed by atoms with van der Waals surface area (Å²) in [7, 11) is 0. The minimum atomic E-state index is 0.349. The van der Waals surface area contributed by atoms with E-state index >= 15 is 0 Å². The van der Waals surface area contributed by atoms with E-state index in [2.05, 4.69) is 64.8 Å². The molecular formula is C12H12ClIN2S. The molecule has 0 aromatic carbocycles. The van der Waals surface area contributed by atoms with Gasteiger partial charge in [-0.25, -0.2) is 9.97 Å². The molecule has 0 fully saturated rings. The highest BCUT2D eigenvalue weighted by molar-refractivity contribution is 14.1. The molecule has 5 heteroatoms. The first kappa shape index (κ1) is 13.2. The highest BCUT2D eigenvalue weighted by Gasteiger charge is 2.16. The lowest BCUT2D eigenvalue weighted by molar-refractivity contribution is 0.809. The van der Waals surface area contributed by atoms with Crippen molar-refractivity contribution in [2.24, 2.45) is 0 Å². The summed E-state index contributed by atoms with van der Waals surface area (Å²) >= 11 is 10.0. The standard InChI is InChI=1S/C12H12ClIN2S/c1-6(2)9-8(14)11(13)16-12(15-9)10-7(3)4-5-17-10/h4-6H,1-3H3. The topological polar surface area (TPSA) is 25.8 Å². The van der Waals surface area contributed by atoms with Crippen molar-refractivity contribution in [1.29, 1.82) is 0 Å². The number of rotatable bonds is 2. The molecule has 0 N–H and O–H groups in total. The van der Waals surface area contributed by atoms with Crippen LogP contribution in [0.25, 0.3) is 10.7 Å². The van der Waals surface area contributed by atoms with Crippen LogP contribution in [0.2, 0.25) is 5.15 Å². The number of aryl methyl sites for hydroxylation is 1. The van der Waals surface area contributed by atoms with Gasteiger partial charge in [0.05, 0.1) is 14.1 Å². The molecular weight excluding hydrogens is 367 g/mol. The smallest absolute Gasteiger partial charge is 0.171 e. The highest BCUT2D eigenvalue weighted by atomic mass is 127. The van der Waals surface area contributed by atoms with Gasteiger partial charge >= 0.3 is 0 Å². The van der Waals surface area contributed by atoms with Gasteiger partial charge in [-0.1, -0.05) is 25.4 Å². The maximum atomic E-state index is 6.18. The first-order chi connectivity index (χ1) is 8.00. The maximum absolute atomic E-state index is 6.18. The molecule has 0 aliphatic rings. The molecule has 2 nitrogen and oxygen atoms in total. The predicted molar refractivity (Wildman–Crippen MR) is 81.9 cm³/mol. The molecule has 90 valence electrons. The molecule has 2 heterocycles. The summed E-state index contributed by atoms with van der Waals surface area (Å²) < 4.78 is 0.956. The number of nitrogens with zero attached hydrogens (tertiary/aromatic N) is 2. The van der Waals surface area contributed by atoms with Crippen molar-refractivity contribution in [3.8, 4) is 10.7 Å². The molecule has 0 amide bonds. The summed E-state index contributed by atoms with van der Waals surface area (Å²) in [4.78, 5) is 10.1. The number of hydrogen-bond acceptors (Lipinski definition) is 3. The Morgan fingerprint density at radius 1 is 1.35 bits per heavy atom. The Kier molecular flexibility index (Phi) is 4.05. The van der Waals surface area contributed by atoms with Crippen LogP contribution in [0, 0.1) is 10.5 Å². The lowest BCUT2D eigenvalue weighted by atomic mass is 10.1. The summed E-state index contributed by atoms with van der Waals surface area (Å²) in [6, 6.07) is 2.07. The van der Waals surface area contributed by atoms with Gasteiger partial charge in [-0.05, 0) is 52.4 Å². The van der Waals surface area contributed by atoms with E-state index in [-0.39, 0.29) is 0 Å². The van der Waals surface area contributed by atoms with E-state index in [1.54, 1.807) is 11.3 Å². The van der Waals surface area contributed by atoms with E-state index in [1.165, 1.54) is 5.56 Å². The van der Waals surface area contributed by atoms with Crippen LogP contribution in [0.1, 0.15) is 31.0 Å². The van der Waals surface area contributed by atoms with E-state index in [0.717, 1.165) is 20.0 Å². The van der Waals surface area contributed by atoms with E-state index in [9.17, 15) is 0 Å². The molecule has 0 bridgehead atoms. The van der Waals surface area contributed by atoms with Crippen LogP contribution >= 0.6 is 45.5 Å². The number of halogens is 2. The van der Waals surface area contributed by atoms with Gasteiger partial charge in [0.15, 0.2) is 5.82 Å². The van der Waals surface area contributed by atoms with Crippen LogP contribution in [-0.4, -0.2) is 9.97 Å². The zero-order chi connectivity index (χ0) is 12.6. The fourth-order valence-electron chi connectivity index (χ4n) is 1.52. The van der Waals surface area contributed by atoms with Crippen molar-refractivity contribution < 1.29 is 0 Å². The predicted octanol–water partition coefficient (Wildman–Crippen LogP) is 4.89. The normalized spacial score (nSPS) is 11.2. The summed E-state index contributed by atoms with van der Waals surface area (Å²) in [5.41, 5.74) is 2.22. The lowest BCUT2D eigenvalue weighted by Crippen LogP contribution is -2.02. The van der Waals surface area contributed by atoms with E-state index in [1.807, 2.05) is 0 Å². The van der Waals surface area contributed by atoms with Gasteiger partial charge in [0.2, 0.25) is 0 Å². The fraction of sp³-hybridized carbons (Fsp3) is 0.333. The third-order valence-corrected chi connectivity index (χ3v) is 5.12. The van der Waals surface area contributed by atoms with Gasteiger partial charge in [0.25, 0.3) is 0 Å². The molecule has 2 aromatic rings. The summed E-state index contributed by atoms with van der Waals surface area (Å²) in [6.07, 6.45) is 0. The molecule has 0 spiro atoms. The van der Waals surface area contributed by atoms with Crippen molar-refractivity contribution in [2.45, 2.75) is 26.7 Å². The second kappa shape index (κ2) is 5.20. The van der Waals surface area contributed by atoms with Crippen molar-refractivity contribution in [3.63, 3.8) is 0 Å². The van der Waals surface area contributed by atoms with Gasteiger partial charge in [0.1, 0.15) is 5.15 Å². The zero-order valence-electron chi connectivity index (χ0n) is 9.79. The largest absolute Gasteiger partial charge is 0.231 e. The van der Waals surface area contributed by atoms with Gasteiger partial charge < -0.3 is 0 Å². The molecule has 2 aromatic heterocycles. The molecule has 0 saturated carbocycles. The van der Waals surface area contributed by atoms with Crippen LogP contribution < -0.4 is 0 Å². The Morgan fingerprint density at radius 3 is 2.59 bits per heavy atom. The van der Waals surface area contributed by atoms with Crippen LogP contribution in [-0.2, 0) is 0 Å². The SMILES string of the molecule is Cc1ccsc1-c1nc(Cl)c(I)c(C(C)C)n1. The van der Waals surface area contributed by atoms with Gasteiger partial charge in [-0.3, -0.25) is 0 Å². The first-order valence-electron chi connectivity index (χ1n) is 5.28. The lowest BCUT2D eigenvalue weighted by Gasteiger charge is -2.10. The average molecular weight is 379 g/mol. The molecule has 0 radical (unpaired) electrons. The Hall–Kier alpha value is -0.200. The van der Waals surface area contributed by atoms with E-state index in [0.29, 0.717) is 11.1 Å². The molecule has 0 atom stereocenters. The summed E-state index contributed by atoms with van der Waals surface area (Å²) in [5, 5.41) is 2.60. The molecule has 0 aliphatic carbocycles. The van der Waals surface area contributed by atoms with E-state index in [4.69, 9.17) is 11.6 Å². The Balaban J connectivity index is 2.61. The summed E-state index contributed by atoms with van der Waals surface area (Å²) in [5.74, 6) is 1.09. The second-order valence-electron chi connectivity index (χ2n) is 4.12. The second-order valence-corrected chi connectivity index (χ2v) is 6.48. The molecule has 17 heavy (non-hydrogen) atoms. The van der Waals surface area contributed by atoms with Crippen molar-refractivity contribution in [3.05, 3.63) is 31.4 Å². The Morgan fingerprint density at radius 2 is 2.06 bits per heavy atom. The zero-order valence-corrected chi connectivity index (χ0v) is 13.5. The monoisotopic (exact) mass is 378 g/mol. The molecule has 0 aliphatic heterocycles. The fourth-order valence-corrected chi connectivity index (χ4v) is 3.42. The van der Waals surface area contributed by atoms with Crippen molar-refractivity contribution >= 4 is 45.5 Å². The molecule has 0 saturated heterocycles. The Labute approximate surface area is 124 Å². The molecule has 0 unspecified atom stereocenters. The van der Waals surface area contributed by atoms with Gasteiger partial charge in [-0.15, -0.1) is 11.3 Å².